The number of carbonyl (C=O) groups excluding carboxylic acids is 1. The Balaban J connectivity index is 1.16. The highest BCUT2D eigenvalue weighted by atomic mass is 16.5. The number of ether oxygens (including phenoxy) is 2. The maximum absolute atomic E-state index is 12.2. The van der Waals surface area contributed by atoms with Gasteiger partial charge in [0.1, 0.15) is 36.6 Å². The molecule has 11 heteroatoms. The number of hydrogen-bond donors (Lipinski definition) is 1. The molecule has 0 spiro atoms. The number of fused-ring (bicyclic) bond motifs is 6. The number of benzene rings is 2. The Bertz CT molecular complexity index is 1780. The van der Waals surface area contributed by atoms with E-state index in [-0.39, 0.29) is 11.9 Å². The smallest absolute Gasteiger partial charge is 0.246 e. The Hall–Kier alpha value is -5.19. The molecule has 1 amide bonds. The van der Waals surface area contributed by atoms with Crippen LogP contribution in [0.25, 0.3) is 16.6 Å². The van der Waals surface area contributed by atoms with Crippen molar-refractivity contribution in [1.82, 2.24) is 29.5 Å². The van der Waals surface area contributed by atoms with E-state index in [1.807, 2.05) is 60.5 Å². The van der Waals surface area contributed by atoms with E-state index in [2.05, 4.69) is 36.8 Å². The third kappa shape index (κ3) is 4.12. The monoisotopic (exact) mass is 534 g/mol. The van der Waals surface area contributed by atoms with Crippen molar-refractivity contribution in [3.8, 4) is 17.2 Å². The number of pyridine rings is 1. The molecule has 7 rings (SSSR count). The van der Waals surface area contributed by atoms with E-state index in [9.17, 15) is 4.79 Å². The summed E-state index contributed by atoms with van der Waals surface area (Å²) in [6.07, 6.45) is 6.24. The van der Waals surface area contributed by atoms with Gasteiger partial charge in [-0.15, -0.1) is 0 Å². The number of anilines is 3. The minimum atomic E-state index is -0.0491. The SMILES string of the molecule is C=CC(=O)N1CCN2c3ccc4ncnc(Nc5ccc(Oc6ccn7ncnc7c6)c(C)c5)c4c3OCC2C1. The summed E-state index contributed by atoms with van der Waals surface area (Å²) in [4.78, 5) is 29.6. The van der Waals surface area contributed by atoms with Crippen LogP contribution in [0.4, 0.5) is 17.2 Å². The maximum atomic E-state index is 12.2. The van der Waals surface area contributed by atoms with Crippen molar-refractivity contribution in [2.45, 2.75) is 13.0 Å². The molecule has 0 bridgehead atoms. The minimum Gasteiger partial charge on any atom is -0.488 e. The molecule has 200 valence electrons. The van der Waals surface area contributed by atoms with E-state index in [1.165, 1.54) is 12.4 Å². The molecule has 1 fully saturated rings. The quantitative estimate of drug-likeness (QED) is 0.333. The lowest BCUT2D eigenvalue weighted by atomic mass is 10.1. The van der Waals surface area contributed by atoms with E-state index >= 15 is 0 Å². The van der Waals surface area contributed by atoms with Crippen molar-refractivity contribution in [3.05, 3.63) is 79.5 Å². The Morgan fingerprint density at radius 2 is 2.05 bits per heavy atom. The van der Waals surface area contributed by atoms with E-state index in [0.29, 0.717) is 43.5 Å². The van der Waals surface area contributed by atoms with Crippen LogP contribution in [-0.4, -0.2) is 67.7 Å². The minimum absolute atomic E-state index is 0.0491. The second kappa shape index (κ2) is 9.53. The first-order valence-electron chi connectivity index (χ1n) is 13.0. The molecule has 2 aromatic carbocycles. The summed E-state index contributed by atoms with van der Waals surface area (Å²) in [6.45, 7) is 8.03. The second-order valence-electron chi connectivity index (χ2n) is 9.81. The zero-order chi connectivity index (χ0) is 27.2. The number of rotatable bonds is 5. The number of hydrogen-bond acceptors (Lipinski definition) is 9. The standard InChI is InChI=1S/C29H26N8O3/c1-3-26(38)35-10-11-36-20(14-35)15-39-28-23(36)6-5-22-27(28)29(32-16-30-22)34-19-4-7-24(18(2)12-19)40-21-8-9-37-25(13-21)31-17-33-37/h3-9,12-13,16-17,20H,1,10-11,14-15H2,2H3,(H,30,32,34). The molecule has 2 aliphatic heterocycles. The van der Waals surface area contributed by atoms with Crippen molar-refractivity contribution < 1.29 is 14.3 Å². The van der Waals surface area contributed by atoms with Crippen LogP contribution in [0.15, 0.2) is 74.0 Å². The van der Waals surface area contributed by atoms with Gasteiger partial charge in [0.2, 0.25) is 5.91 Å². The Kier molecular flexibility index (Phi) is 5.69. The summed E-state index contributed by atoms with van der Waals surface area (Å²) in [6, 6.07) is 13.7. The summed E-state index contributed by atoms with van der Waals surface area (Å²) < 4.78 is 14.1. The molecule has 0 aliphatic carbocycles. The Morgan fingerprint density at radius 1 is 1.12 bits per heavy atom. The number of aromatic nitrogens is 5. The van der Waals surface area contributed by atoms with Gasteiger partial charge >= 0.3 is 0 Å². The first-order valence-corrected chi connectivity index (χ1v) is 13.0. The molecule has 1 atom stereocenters. The predicted molar refractivity (Wildman–Crippen MR) is 150 cm³/mol. The zero-order valence-corrected chi connectivity index (χ0v) is 21.8. The molecule has 40 heavy (non-hydrogen) atoms. The van der Waals surface area contributed by atoms with Crippen molar-refractivity contribution in [1.29, 1.82) is 0 Å². The van der Waals surface area contributed by atoms with E-state index in [0.717, 1.165) is 39.3 Å². The topological polar surface area (TPSA) is 110 Å². The first kappa shape index (κ1) is 23.9. The van der Waals surface area contributed by atoms with E-state index < -0.39 is 0 Å². The molecule has 0 saturated carbocycles. The molecule has 5 heterocycles. The average molecular weight is 535 g/mol. The second-order valence-corrected chi connectivity index (χ2v) is 9.81. The lowest BCUT2D eigenvalue weighted by Gasteiger charge is -2.45. The molecule has 11 nitrogen and oxygen atoms in total. The molecular formula is C29H26N8O3. The molecule has 1 N–H and O–H groups in total. The van der Waals surface area contributed by atoms with E-state index in [1.54, 1.807) is 10.8 Å². The van der Waals surface area contributed by atoms with Crippen LogP contribution in [0.1, 0.15) is 5.56 Å². The molecule has 0 radical (unpaired) electrons. The van der Waals surface area contributed by atoms with Gasteiger partial charge in [-0.2, -0.15) is 5.10 Å². The summed E-state index contributed by atoms with van der Waals surface area (Å²) in [7, 11) is 0. The molecule has 5 aromatic rings. The fourth-order valence-corrected chi connectivity index (χ4v) is 5.37. The highest BCUT2D eigenvalue weighted by Crippen LogP contribution is 2.43. The molecular weight excluding hydrogens is 508 g/mol. The van der Waals surface area contributed by atoms with Crippen LogP contribution in [0, 0.1) is 6.92 Å². The third-order valence-electron chi connectivity index (χ3n) is 7.35. The number of aryl methyl sites for hydroxylation is 1. The summed E-state index contributed by atoms with van der Waals surface area (Å²) in [5.74, 6) is 2.78. The van der Waals surface area contributed by atoms with Gasteiger partial charge in [0.25, 0.3) is 0 Å². The van der Waals surface area contributed by atoms with Crippen LogP contribution in [0.5, 0.6) is 17.2 Å². The first-order chi connectivity index (χ1) is 19.6. The fraction of sp³-hybridized carbons (Fsp3) is 0.207. The van der Waals surface area contributed by atoms with Gasteiger partial charge in [0, 0.05) is 37.6 Å². The average Bonchev–Trinajstić information content (AvgIpc) is 3.45. The Morgan fingerprint density at radius 3 is 2.92 bits per heavy atom. The molecule has 3 aromatic heterocycles. The molecule has 1 saturated heterocycles. The fourth-order valence-electron chi connectivity index (χ4n) is 5.37. The summed E-state index contributed by atoms with van der Waals surface area (Å²) >= 11 is 0. The largest absolute Gasteiger partial charge is 0.488 e. The predicted octanol–water partition coefficient (Wildman–Crippen LogP) is 4.11. The van der Waals surface area contributed by atoms with Gasteiger partial charge < -0.3 is 24.6 Å². The van der Waals surface area contributed by atoms with Gasteiger partial charge in [-0.3, -0.25) is 4.79 Å². The van der Waals surface area contributed by atoms with Crippen molar-refractivity contribution in [2.24, 2.45) is 0 Å². The van der Waals surface area contributed by atoms with Crippen LogP contribution < -0.4 is 19.7 Å². The lowest BCUT2D eigenvalue weighted by molar-refractivity contribution is -0.127. The normalized spacial score (nSPS) is 16.3. The molecule has 2 aliphatic rings. The van der Waals surface area contributed by atoms with Crippen LogP contribution in [0.2, 0.25) is 0 Å². The van der Waals surface area contributed by atoms with Gasteiger partial charge in [-0.05, 0) is 55.0 Å². The highest BCUT2D eigenvalue weighted by molar-refractivity contribution is 6.00. The maximum Gasteiger partial charge on any atom is 0.246 e. The number of amides is 1. The number of piperazine rings is 1. The third-order valence-corrected chi connectivity index (χ3v) is 7.35. The van der Waals surface area contributed by atoms with Crippen molar-refractivity contribution in [3.63, 3.8) is 0 Å². The number of nitrogens with one attached hydrogen (secondary N) is 1. The van der Waals surface area contributed by atoms with Crippen LogP contribution in [0.3, 0.4) is 0 Å². The number of carbonyl (C=O) groups is 1. The zero-order valence-electron chi connectivity index (χ0n) is 21.8. The van der Waals surface area contributed by atoms with Gasteiger partial charge in [-0.1, -0.05) is 6.58 Å². The van der Waals surface area contributed by atoms with Crippen LogP contribution >= 0.6 is 0 Å². The van der Waals surface area contributed by atoms with Crippen molar-refractivity contribution >= 4 is 39.6 Å². The molecule has 1 unspecified atom stereocenters. The number of nitrogens with zero attached hydrogens (tertiary/aromatic N) is 7. The lowest BCUT2D eigenvalue weighted by Crippen LogP contribution is -2.58. The summed E-state index contributed by atoms with van der Waals surface area (Å²) in [5.41, 5.74) is 4.30. The van der Waals surface area contributed by atoms with E-state index in [4.69, 9.17) is 9.47 Å². The van der Waals surface area contributed by atoms with Gasteiger partial charge in [0.15, 0.2) is 11.4 Å². The van der Waals surface area contributed by atoms with Gasteiger partial charge in [0.05, 0.1) is 22.6 Å². The summed E-state index contributed by atoms with van der Waals surface area (Å²) in [5, 5.41) is 8.40. The highest BCUT2D eigenvalue weighted by Gasteiger charge is 2.35. The van der Waals surface area contributed by atoms with Crippen molar-refractivity contribution in [2.75, 3.05) is 36.5 Å². The van der Waals surface area contributed by atoms with Gasteiger partial charge in [-0.25, -0.2) is 19.5 Å². The Labute approximate surface area is 229 Å². The van der Waals surface area contributed by atoms with Crippen LogP contribution in [-0.2, 0) is 4.79 Å².